The van der Waals surface area contributed by atoms with Crippen LogP contribution in [-0.4, -0.2) is 9.97 Å². The van der Waals surface area contributed by atoms with Crippen molar-refractivity contribution >= 4 is 27.5 Å². The molecule has 0 amide bonds. The molecule has 2 N–H and O–H groups in total. The van der Waals surface area contributed by atoms with E-state index in [9.17, 15) is 0 Å². The van der Waals surface area contributed by atoms with E-state index in [1.54, 1.807) is 0 Å². The van der Waals surface area contributed by atoms with E-state index < -0.39 is 0 Å². The second-order valence-corrected chi connectivity index (χ2v) is 5.09. The van der Waals surface area contributed by atoms with Gasteiger partial charge in [-0.2, -0.15) is 0 Å². The van der Waals surface area contributed by atoms with Crippen LogP contribution in [0.4, 0.5) is 5.69 Å². The zero-order valence-electron chi connectivity index (χ0n) is 11.5. The van der Waals surface area contributed by atoms with Gasteiger partial charge in [0.25, 0.3) is 0 Å². The normalized spacial score (nSPS) is 11.0. The largest absolute Gasteiger partial charge is 0.380 e. The Morgan fingerprint density at radius 1 is 0.905 bits per heavy atom. The lowest BCUT2D eigenvalue weighted by molar-refractivity contribution is 1.17. The lowest BCUT2D eigenvalue weighted by Gasteiger charge is -2.10. The Balaban J connectivity index is 1.68. The van der Waals surface area contributed by atoms with E-state index in [2.05, 4.69) is 51.7 Å². The average molecular weight is 273 g/mol. The molecule has 2 aromatic carbocycles. The molecule has 0 atom stereocenters. The van der Waals surface area contributed by atoms with E-state index >= 15 is 0 Å². The molecule has 2 aromatic heterocycles. The molecule has 0 aliphatic carbocycles. The molecule has 3 heteroatoms. The van der Waals surface area contributed by atoms with E-state index in [4.69, 9.17) is 0 Å². The smallest absolute Gasteiger partial charge is 0.0722 e. The number of benzene rings is 2. The fourth-order valence-electron chi connectivity index (χ4n) is 2.75. The molecule has 3 nitrogen and oxygen atoms in total. The minimum absolute atomic E-state index is 0.795. The summed E-state index contributed by atoms with van der Waals surface area (Å²) in [5.41, 5.74) is 4.60. The van der Waals surface area contributed by atoms with Crippen molar-refractivity contribution in [2.45, 2.75) is 6.54 Å². The maximum atomic E-state index is 4.39. The molecule has 4 rings (SSSR count). The number of aromatic nitrogens is 2. The number of hydrogen-bond acceptors (Lipinski definition) is 2. The summed E-state index contributed by atoms with van der Waals surface area (Å²) in [4.78, 5) is 7.64. The highest BCUT2D eigenvalue weighted by Gasteiger charge is 2.04. The third kappa shape index (κ3) is 2.13. The number of rotatable bonds is 3. The van der Waals surface area contributed by atoms with Crippen LogP contribution >= 0.6 is 0 Å². The Labute approximate surface area is 122 Å². The third-order valence-corrected chi connectivity index (χ3v) is 3.80. The predicted octanol–water partition coefficient (Wildman–Crippen LogP) is 4.33. The van der Waals surface area contributed by atoms with Gasteiger partial charge in [0.1, 0.15) is 0 Å². The van der Waals surface area contributed by atoms with Gasteiger partial charge in [0.05, 0.1) is 5.52 Å². The molecule has 21 heavy (non-hydrogen) atoms. The maximum absolute atomic E-state index is 4.39. The molecule has 0 saturated heterocycles. The zero-order valence-corrected chi connectivity index (χ0v) is 11.5. The fourth-order valence-corrected chi connectivity index (χ4v) is 2.75. The summed E-state index contributed by atoms with van der Waals surface area (Å²) in [7, 11) is 0. The summed E-state index contributed by atoms with van der Waals surface area (Å²) >= 11 is 0. The molecule has 0 unspecified atom stereocenters. The van der Waals surface area contributed by atoms with Gasteiger partial charge in [-0.3, -0.25) is 4.98 Å². The van der Waals surface area contributed by atoms with Crippen molar-refractivity contribution in [2.75, 3.05) is 5.32 Å². The number of fused-ring (bicyclic) bond motifs is 2. The number of nitrogens with zero attached hydrogens (tertiary/aromatic N) is 1. The number of nitrogens with one attached hydrogen (secondary N) is 2. The van der Waals surface area contributed by atoms with Crippen LogP contribution in [-0.2, 0) is 6.54 Å². The molecule has 0 fully saturated rings. The maximum Gasteiger partial charge on any atom is 0.0722 e. The standard InChI is InChI=1S/C18H15N3/c1-4-13(14-9-11-20-16(14)6-1)12-21-18-8-2-7-17-15(18)5-3-10-19-17/h1-11,20-21H,12H2. The van der Waals surface area contributed by atoms with Crippen molar-refractivity contribution in [3.05, 3.63) is 72.6 Å². The van der Waals surface area contributed by atoms with Gasteiger partial charge in [-0.05, 0) is 42.0 Å². The van der Waals surface area contributed by atoms with E-state index in [-0.39, 0.29) is 0 Å². The highest BCUT2D eigenvalue weighted by Crippen LogP contribution is 2.23. The Kier molecular flexibility index (Phi) is 2.82. The highest BCUT2D eigenvalue weighted by molar-refractivity contribution is 5.91. The van der Waals surface area contributed by atoms with Crippen LogP contribution in [0.1, 0.15) is 5.56 Å². The Morgan fingerprint density at radius 2 is 1.86 bits per heavy atom. The molecular formula is C18H15N3. The zero-order chi connectivity index (χ0) is 14.1. The van der Waals surface area contributed by atoms with E-state index in [1.807, 2.05) is 30.6 Å². The monoisotopic (exact) mass is 273 g/mol. The van der Waals surface area contributed by atoms with Crippen molar-refractivity contribution in [3.63, 3.8) is 0 Å². The second kappa shape index (κ2) is 4.94. The first kappa shape index (κ1) is 12.0. The van der Waals surface area contributed by atoms with E-state index in [0.717, 1.165) is 23.1 Å². The lowest BCUT2D eigenvalue weighted by atomic mass is 10.1. The average Bonchev–Trinajstić information content (AvgIpc) is 3.02. The van der Waals surface area contributed by atoms with Crippen LogP contribution in [0.25, 0.3) is 21.8 Å². The summed E-state index contributed by atoms with van der Waals surface area (Å²) in [6, 6.07) is 18.7. The molecule has 102 valence electrons. The van der Waals surface area contributed by atoms with Crippen molar-refractivity contribution in [3.8, 4) is 0 Å². The van der Waals surface area contributed by atoms with E-state index in [0.29, 0.717) is 0 Å². The molecule has 0 aliphatic heterocycles. The van der Waals surface area contributed by atoms with Crippen LogP contribution in [0.3, 0.4) is 0 Å². The minimum Gasteiger partial charge on any atom is -0.380 e. The Bertz CT molecular complexity index is 903. The van der Waals surface area contributed by atoms with Crippen LogP contribution in [0.15, 0.2) is 67.0 Å². The van der Waals surface area contributed by atoms with Gasteiger partial charge >= 0.3 is 0 Å². The molecule has 0 radical (unpaired) electrons. The number of aromatic amines is 1. The fraction of sp³-hybridized carbons (Fsp3) is 0.0556. The van der Waals surface area contributed by atoms with Crippen LogP contribution in [0.2, 0.25) is 0 Å². The molecule has 0 aliphatic rings. The SMILES string of the molecule is c1cc(NCc2cccc3[nH]ccc23)c2cccnc2c1. The Morgan fingerprint density at radius 3 is 2.86 bits per heavy atom. The molecule has 2 heterocycles. The first-order valence-corrected chi connectivity index (χ1v) is 7.04. The predicted molar refractivity (Wildman–Crippen MR) is 87.4 cm³/mol. The van der Waals surface area contributed by atoms with Gasteiger partial charge in [-0.25, -0.2) is 0 Å². The van der Waals surface area contributed by atoms with Gasteiger partial charge in [-0.15, -0.1) is 0 Å². The van der Waals surface area contributed by atoms with Gasteiger partial charge in [0.2, 0.25) is 0 Å². The van der Waals surface area contributed by atoms with Crippen molar-refractivity contribution < 1.29 is 0 Å². The molecule has 0 spiro atoms. The van der Waals surface area contributed by atoms with Gasteiger partial charge in [0, 0.05) is 40.9 Å². The van der Waals surface area contributed by atoms with E-state index in [1.165, 1.54) is 16.5 Å². The van der Waals surface area contributed by atoms with Gasteiger partial charge in [-0.1, -0.05) is 18.2 Å². The summed E-state index contributed by atoms with van der Waals surface area (Å²) in [6.45, 7) is 0.795. The number of hydrogen-bond donors (Lipinski definition) is 2. The minimum atomic E-state index is 0.795. The number of pyridine rings is 1. The summed E-state index contributed by atoms with van der Waals surface area (Å²) in [6.07, 6.45) is 3.81. The van der Waals surface area contributed by atoms with Crippen LogP contribution < -0.4 is 5.32 Å². The second-order valence-electron chi connectivity index (χ2n) is 5.09. The van der Waals surface area contributed by atoms with Crippen molar-refractivity contribution in [2.24, 2.45) is 0 Å². The Hall–Kier alpha value is -2.81. The number of H-pyrrole nitrogens is 1. The van der Waals surface area contributed by atoms with Crippen molar-refractivity contribution in [1.82, 2.24) is 9.97 Å². The van der Waals surface area contributed by atoms with Crippen LogP contribution in [0, 0.1) is 0 Å². The summed E-state index contributed by atoms with van der Waals surface area (Å²) < 4.78 is 0. The van der Waals surface area contributed by atoms with Crippen LogP contribution in [0.5, 0.6) is 0 Å². The van der Waals surface area contributed by atoms with Gasteiger partial charge in [0.15, 0.2) is 0 Å². The quantitative estimate of drug-likeness (QED) is 0.583. The molecular weight excluding hydrogens is 258 g/mol. The van der Waals surface area contributed by atoms with Crippen molar-refractivity contribution in [1.29, 1.82) is 0 Å². The summed E-state index contributed by atoms with van der Waals surface area (Å²) in [5.74, 6) is 0. The molecule has 4 aromatic rings. The first-order valence-electron chi connectivity index (χ1n) is 7.04. The highest BCUT2D eigenvalue weighted by atomic mass is 14.9. The number of anilines is 1. The molecule has 0 bridgehead atoms. The van der Waals surface area contributed by atoms with Gasteiger partial charge < -0.3 is 10.3 Å². The molecule has 0 saturated carbocycles. The third-order valence-electron chi connectivity index (χ3n) is 3.80. The summed E-state index contributed by atoms with van der Waals surface area (Å²) in [5, 5.41) is 5.95. The lowest BCUT2D eigenvalue weighted by Crippen LogP contribution is -2.00. The first-order chi connectivity index (χ1) is 10.4. The topological polar surface area (TPSA) is 40.7 Å².